The van der Waals surface area contributed by atoms with Gasteiger partial charge in [-0.2, -0.15) is 0 Å². The van der Waals surface area contributed by atoms with Crippen LogP contribution in [0.15, 0.2) is 35.3 Å². The van der Waals surface area contributed by atoms with E-state index in [0.29, 0.717) is 6.54 Å². The smallest absolute Gasteiger partial charge is 0.310 e. The van der Waals surface area contributed by atoms with Gasteiger partial charge in [-0.3, -0.25) is 9.79 Å². The lowest BCUT2D eigenvalue weighted by atomic mass is 10.2. The second kappa shape index (κ2) is 10.4. The Bertz CT molecular complexity index is 451. The Balaban J connectivity index is 0.00000400. The summed E-state index contributed by atoms with van der Waals surface area (Å²) in [6.45, 7) is 3.08. The van der Waals surface area contributed by atoms with Gasteiger partial charge >= 0.3 is 5.97 Å². The number of nitrogens with zero attached hydrogens (tertiary/aromatic N) is 2. The predicted molar refractivity (Wildman–Crippen MR) is 95.9 cm³/mol. The molecule has 0 aliphatic rings. The molecule has 0 amide bonds. The van der Waals surface area contributed by atoms with Gasteiger partial charge in [-0.05, 0) is 5.56 Å². The molecule has 0 aliphatic carbocycles. The lowest BCUT2D eigenvalue weighted by Crippen LogP contribution is -2.41. The zero-order valence-corrected chi connectivity index (χ0v) is 15.3. The van der Waals surface area contributed by atoms with Crippen molar-refractivity contribution in [3.05, 3.63) is 35.9 Å². The molecule has 5 nitrogen and oxygen atoms in total. The second-order valence-corrected chi connectivity index (χ2v) is 4.69. The zero-order valence-electron chi connectivity index (χ0n) is 13.0. The van der Waals surface area contributed by atoms with Crippen LogP contribution < -0.4 is 5.32 Å². The van der Waals surface area contributed by atoms with E-state index in [2.05, 4.69) is 22.4 Å². The predicted octanol–water partition coefficient (Wildman–Crippen LogP) is 2.12. The Kier molecular flexibility index (Phi) is 9.77. The SMILES string of the molecule is CN=C(NCC(C)C(=O)OC)N(C)Cc1ccccc1.I. The first kappa shape index (κ1) is 19.7. The molecule has 0 aliphatic heterocycles. The number of hydrogen-bond donors (Lipinski definition) is 1. The molecule has 0 saturated carbocycles. The fraction of sp³-hybridized carbons (Fsp3) is 0.467. The van der Waals surface area contributed by atoms with E-state index in [1.165, 1.54) is 12.7 Å². The molecule has 118 valence electrons. The van der Waals surface area contributed by atoms with Crippen LogP contribution in [0.2, 0.25) is 0 Å². The lowest BCUT2D eigenvalue weighted by molar-refractivity contribution is -0.144. The van der Waals surface area contributed by atoms with Crippen LogP contribution in [0.5, 0.6) is 0 Å². The van der Waals surface area contributed by atoms with Gasteiger partial charge < -0.3 is 15.0 Å². The molecule has 0 radical (unpaired) electrons. The molecule has 6 heteroatoms. The van der Waals surface area contributed by atoms with Gasteiger partial charge in [0.05, 0.1) is 13.0 Å². The van der Waals surface area contributed by atoms with Gasteiger partial charge in [-0.25, -0.2) is 0 Å². The van der Waals surface area contributed by atoms with E-state index >= 15 is 0 Å². The zero-order chi connectivity index (χ0) is 15.0. The number of ether oxygens (including phenoxy) is 1. The molecule has 1 N–H and O–H groups in total. The number of carbonyl (C=O) groups excluding carboxylic acids is 1. The minimum atomic E-state index is -0.223. The number of nitrogens with one attached hydrogen (secondary N) is 1. The van der Waals surface area contributed by atoms with Gasteiger partial charge in [0, 0.05) is 27.2 Å². The van der Waals surface area contributed by atoms with Crippen LogP contribution in [-0.2, 0) is 16.1 Å². The average Bonchev–Trinajstić information content (AvgIpc) is 2.47. The molecule has 1 aromatic carbocycles. The maximum Gasteiger partial charge on any atom is 0.310 e. The Labute approximate surface area is 143 Å². The third kappa shape index (κ3) is 6.79. The van der Waals surface area contributed by atoms with Crippen molar-refractivity contribution in [2.24, 2.45) is 10.9 Å². The van der Waals surface area contributed by atoms with E-state index in [1.807, 2.05) is 37.1 Å². The first-order valence-electron chi connectivity index (χ1n) is 6.62. The summed E-state index contributed by atoms with van der Waals surface area (Å²) in [5.41, 5.74) is 1.21. The summed E-state index contributed by atoms with van der Waals surface area (Å²) >= 11 is 0. The fourth-order valence-electron chi connectivity index (χ4n) is 1.85. The Hall–Kier alpha value is -1.31. The van der Waals surface area contributed by atoms with Crippen LogP contribution in [0.25, 0.3) is 0 Å². The highest BCUT2D eigenvalue weighted by Gasteiger charge is 2.14. The number of halogens is 1. The Morgan fingerprint density at radius 1 is 1.38 bits per heavy atom. The van der Waals surface area contributed by atoms with Crippen molar-refractivity contribution in [3.63, 3.8) is 0 Å². The maximum atomic E-state index is 11.4. The van der Waals surface area contributed by atoms with Crippen molar-refractivity contribution >= 4 is 35.9 Å². The minimum absolute atomic E-state index is 0. The van der Waals surface area contributed by atoms with Gasteiger partial charge in [0.2, 0.25) is 0 Å². The third-order valence-corrected chi connectivity index (χ3v) is 3.01. The van der Waals surface area contributed by atoms with Crippen LogP contribution in [0.3, 0.4) is 0 Å². The molecule has 1 aromatic rings. The molecule has 1 atom stereocenters. The first-order chi connectivity index (χ1) is 9.58. The molecule has 0 spiro atoms. The minimum Gasteiger partial charge on any atom is -0.469 e. The summed E-state index contributed by atoms with van der Waals surface area (Å²) in [5, 5.41) is 3.18. The van der Waals surface area contributed by atoms with Gasteiger partial charge in [0.25, 0.3) is 0 Å². The Morgan fingerprint density at radius 3 is 2.52 bits per heavy atom. The van der Waals surface area contributed by atoms with E-state index in [1.54, 1.807) is 7.05 Å². The largest absolute Gasteiger partial charge is 0.469 e. The summed E-state index contributed by atoms with van der Waals surface area (Å²) in [4.78, 5) is 17.6. The molecule has 0 heterocycles. The number of esters is 1. The van der Waals surface area contributed by atoms with E-state index in [-0.39, 0.29) is 35.9 Å². The van der Waals surface area contributed by atoms with Gasteiger partial charge in [0.1, 0.15) is 0 Å². The van der Waals surface area contributed by atoms with Crippen LogP contribution in [0, 0.1) is 5.92 Å². The molecule has 0 fully saturated rings. The van der Waals surface area contributed by atoms with E-state index < -0.39 is 0 Å². The topological polar surface area (TPSA) is 53.9 Å². The van der Waals surface area contributed by atoms with Crippen LogP contribution in [0.4, 0.5) is 0 Å². The number of benzene rings is 1. The van der Waals surface area contributed by atoms with Crippen molar-refractivity contribution in [2.75, 3.05) is 27.7 Å². The molecule has 0 aromatic heterocycles. The number of carbonyl (C=O) groups is 1. The summed E-state index contributed by atoms with van der Waals surface area (Å²) < 4.78 is 4.70. The van der Waals surface area contributed by atoms with Crippen LogP contribution in [-0.4, -0.2) is 44.6 Å². The molecule has 21 heavy (non-hydrogen) atoms. The van der Waals surface area contributed by atoms with Crippen molar-refractivity contribution in [2.45, 2.75) is 13.5 Å². The van der Waals surface area contributed by atoms with Gasteiger partial charge in [-0.1, -0.05) is 37.3 Å². The molecular weight excluding hydrogens is 381 g/mol. The quantitative estimate of drug-likeness (QED) is 0.353. The third-order valence-electron chi connectivity index (χ3n) is 3.01. The van der Waals surface area contributed by atoms with E-state index in [9.17, 15) is 4.79 Å². The van der Waals surface area contributed by atoms with Crippen molar-refractivity contribution in [1.29, 1.82) is 0 Å². The first-order valence-corrected chi connectivity index (χ1v) is 6.62. The number of methoxy groups -OCH3 is 1. The van der Waals surface area contributed by atoms with Gasteiger partial charge in [-0.15, -0.1) is 24.0 Å². The standard InChI is InChI=1S/C15H23N3O2.HI/c1-12(14(19)20-4)10-17-15(16-2)18(3)11-13-8-6-5-7-9-13;/h5-9,12H,10-11H2,1-4H3,(H,16,17);1H. The average molecular weight is 405 g/mol. The summed E-state index contributed by atoms with van der Waals surface area (Å²) in [6.07, 6.45) is 0. The molecular formula is C15H24IN3O2. The summed E-state index contributed by atoms with van der Waals surface area (Å²) in [5.74, 6) is 0.324. The highest BCUT2D eigenvalue weighted by molar-refractivity contribution is 14.0. The fourth-order valence-corrected chi connectivity index (χ4v) is 1.85. The Morgan fingerprint density at radius 2 is 2.00 bits per heavy atom. The second-order valence-electron chi connectivity index (χ2n) is 4.69. The van der Waals surface area contributed by atoms with Crippen LogP contribution >= 0.6 is 24.0 Å². The maximum absolute atomic E-state index is 11.4. The highest BCUT2D eigenvalue weighted by atomic mass is 127. The van der Waals surface area contributed by atoms with Crippen molar-refractivity contribution < 1.29 is 9.53 Å². The lowest BCUT2D eigenvalue weighted by Gasteiger charge is -2.23. The summed E-state index contributed by atoms with van der Waals surface area (Å²) in [7, 11) is 5.09. The van der Waals surface area contributed by atoms with Gasteiger partial charge in [0.15, 0.2) is 5.96 Å². The molecule has 1 unspecified atom stereocenters. The normalized spacial score (nSPS) is 12.1. The number of hydrogen-bond acceptors (Lipinski definition) is 3. The highest BCUT2D eigenvalue weighted by Crippen LogP contribution is 2.03. The number of rotatable bonds is 5. The van der Waals surface area contributed by atoms with Crippen molar-refractivity contribution in [3.8, 4) is 0 Å². The van der Waals surface area contributed by atoms with Crippen molar-refractivity contribution in [1.82, 2.24) is 10.2 Å². The monoisotopic (exact) mass is 405 g/mol. The molecule has 0 bridgehead atoms. The van der Waals surface area contributed by atoms with Crippen LogP contribution in [0.1, 0.15) is 12.5 Å². The number of aliphatic imine (C=N–C) groups is 1. The molecule has 1 rings (SSSR count). The number of guanidine groups is 1. The van der Waals surface area contributed by atoms with E-state index in [0.717, 1.165) is 12.5 Å². The van der Waals surface area contributed by atoms with E-state index in [4.69, 9.17) is 4.74 Å². The summed E-state index contributed by atoms with van der Waals surface area (Å²) in [6, 6.07) is 10.2. The molecule has 0 saturated heterocycles.